The van der Waals surface area contributed by atoms with Crippen molar-refractivity contribution >= 4 is 0 Å². The molecular formula is C17H33N3. The molecule has 1 aromatic rings. The van der Waals surface area contributed by atoms with Gasteiger partial charge in [0, 0.05) is 25.2 Å². The van der Waals surface area contributed by atoms with Crippen molar-refractivity contribution < 1.29 is 0 Å². The molecule has 0 bridgehead atoms. The van der Waals surface area contributed by atoms with E-state index in [1.165, 1.54) is 37.8 Å². The number of hydrogen-bond acceptors (Lipinski definition) is 2. The molecule has 1 N–H and O–H groups in total. The predicted molar refractivity (Wildman–Crippen MR) is 87.0 cm³/mol. The van der Waals surface area contributed by atoms with Gasteiger partial charge >= 0.3 is 0 Å². The Morgan fingerprint density at radius 2 is 1.80 bits per heavy atom. The molecule has 0 radical (unpaired) electrons. The topological polar surface area (TPSA) is 29.9 Å². The van der Waals surface area contributed by atoms with Gasteiger partial charge in [0.05, 0.1) is 5.69 Å². The molecule has 0 aliphatic heterocycles. The van der Waals surface area contributed by atoms with Crippen molar-refractivity contribution in [3.8, 4) is 0 Å². The molecule has 1 heterocycles. The number of rotatable bonds is 10. The normalized spacial score (nSPS) is 13.1. The van der Waals surface area contributed by atoms with Gasteiger partial charge in [0.1, 0.15) is 0 Å². The van der Waals surface area contributed by atoms with Crippen LogP contribution in [0.1, 0.15) is 64.3 Å². The summed E-state index contributed by atoms with van der Waals surface area (Å²) in [6.07, 6.45) is 7.50. The molecule has 116 valence electrons. The Labute approximate surface area is 125 Å². The number of nitrogens with zero attached hydrogens (tertiary/aromatic N) is 2. The van der Waals surface area contributed by atoms with Crippen LogP contribution in [0.5, 0.6) is 0 Å². The molecule has 1 atom stereocenters. The first-order valence-corrected chi connectivity index (χ1v) is 8.35. The van der Waals surface area contributed by atoms with E-state index in [0.717, 1.165) is 24.6 Å². The van der Waals surface area contributed by atoms with E-state index in [1.807, 2.05) is 4.68 Å². The van der Waals surface area contributed by atoms with E-state index in [1.54, 1.807) is 0 Å². The first kappa shape index (κ1) is 17.2. The molecule has 0 amide bonds. The molecule has 0 aliphatic carbocycles. The molecule has 3 nitrogen and oxygen atoms in total. The van der Waals surface area contributed by atoms with Gasteiger partial charge in [-0.3, -0.25) is 4.68 Å². The second kappa shape index (κ2) is 9.17. The van der Waals surface area contributed by atoms with Crippen molar-refractivity contribution in [3.05, 3.63) is 17.5 Å². The summed E-state index contributed by atoms with van der Waals surface area (Å²) in [5.41, 5.74) is 2.48. The summed E-state index contributed by atoms with van der Waals surface area (Å²) in [6, 6.07) is 2.82. The summed E-state index contributed by atoms with van der Waals surface area (Å²) in [5.74, 6) is 0.784. The Bertz CT molecular complexity index is 364. The maximum absolute atomic E-state index is 4.48. The molecule has 0 saturated carbocycles. The minimum Gasteiger partial charge on any atom is -0.313 e. The fourth-order valence-corrected chi connectivity index (χ4v) is 3.10. The molecule has 1 unspecified atom stereocenters. The summed E-state index contributed by atoms with van der Waals surface area (Å²) < 4.78 is 2.05. The Balaban J connectivity index is 2.78. The molecule has 0 saturated heterocycles. The fraction of sp³-hybridized carbons (Fsp3) is 0.824. The van der Waals surface area contributed by atoms with Crippen LogP contribution >= 0.6 is 0 Å². The lowest BCUT2D eigenvalue weighted by Crippen LogP contribution is -2.39. The van der Waals surface area contributed by atoms with Crippen molar-refractivity contribution in [2.45, 2.75) is 72.3 Å². The molecule has 0 aliphatic rings. The van der Waals surface area contributed by atoms with E-state index >= 15 is 0 Å². The molecule has 0 spiro atoms. The van der Waals surface area contributed by atoms with Gasteiger partial charge < -0.3 is 5.32 Å². The third kappa shape index (κ3) is 5.28. The maximum atomic E-state index is 4.48. The molecule has 3 heteroatoms. The van der Waals surface area contributed by atoms with E-state index < -0.39 is 0 Å². The zero-order chi connectivity index (χ0) is 15.0. The Kier molecular flexibility index (Phi) is 7.90. The lowest BCUT2D eigenvalue weighted by molar-refractivity contribution is 0.305. The molecule has 1 aromatic heterocycles. The Hall–Kier alpha value is -0.830. The highest BCUT2D eigenvalue weighted by molar-refractivity contribution is 5.10. The summed E-state index contributed by atoms with van der Waals surface area (Å²) >= 11 is 0. The van der Waals surface area contributed by atoms with Crippen molar-refractivity contribution in [2.75, 3.05) is 6.54 Å². The molecular weight excluding hydrogens is 246 g/mol. The minimum absolute atomic E-state index is 0.588. The third-order valence-electron chi connectivity index (χ3n) is 4.07. The van der Waals surface area contributed by atoms with Gasteiger partial charge in [0.15, 0.2) is 0 Å². The average molecular weight is 279 g/mol. The van der Waals surface area contributed by atoms with Gasteiger partial charge in [-0.1, -0.05) is 33.6 Å². The van der Waals surface area contributed by atoms with Crippen LogP contribution in [-0.2, 0) is 13.5 Å². The number of hydrogen-bond donors (Lipinski definition) is 1. The highest BCUT2D eigenvalue weighted by Crippen LogP contribution is 2.21. The van der Waals surface area contributed by atoms with Crippen molar-refractivity contribution in [3.63, 3.8) is 0 Å². The van der Waals surface area contributed by atoms with Crippen LogP contribution in [0.3, 0.4) is 0 Å². The van der Waals surface area contributed by atoms with Gasteiger partial charge in [0.2, 0.25) is 0 Å². The van der Waals surface area contributed by atoms with Gasteiger partial charge in [-0.05, 0) is 44.7 Å². The maximum Gasteiger partial charge on any atom is 0.0596 e. The monoisotopic (exact) mass is 279 g/mol. The average Bonchev–Trinajstić information content (AvgIpc) is 2.72. The predicted octanol–water partition coefficient (Wildman–Crippen LogP) is 3.86. The van der Waals surface area contributed by atoms with Crippen LogP contribution in [0.4, 0.5) is 0 Å². The van der Waals surface area contributed by atoms with Crippen LogP contribution in [0.2, 0.25) is 0 Å². The fourth-order valence-electron chi connectivity index (χ4n) is 3.10. The van der Waals surface area contributed by atoms with E-state index in [0.29, 0.717) is 6.04 Å². The van der Waals surface area contributed by atoms with E-state index in [-0.39, 0.29) is 0 Å². The molecule has 0 aromatic carbocycles. The van der Waals surface area contributed by atoms with E-state index in [9.17, 15) is 0 Å². The van der Waals surface area contributed by atoms with Gasteiger partial charge in [-0.15, -0.1) is 0 Å². The Morgan fingerprint density at radius 1 is 1.15 bits per heavy atom. The smallest absolute Gasteiger partial charge is 0.0596 e. The van der Waals surface area contributed by atoms with Gasteiger partial charge in [-0.2, -0.15) is 5.10 Å². The van der Waals surface area contributed by atoms with Crippen LogP contribution < -0.4 is 5.32 Å². The first-order valence-electron chi connectivity index (χ1n) is 8.35. The zero-order valence-corrected chi connectivity index (χ0v) is 14.1. The zero-order valence-electron chi connectivity index (χ0n) is 14.1. The Morgan fingerprint density at radius 3 is 2.25 bits per heavy atom. The number of aryl methyl sites for hydroxylation is 2. The lowest BCUT2D eigenvalue weighted by Gasteiger charge is -2.28. The summed E-state index contributed by atoms with van der Waals surface area (Å²) in [7, 11) is 2.06. The van der Waals surface area contributed by atoms with Crippen LogP contribution in [-0.4, -0.2) is 22.4 Å². The lowest BCUT2D eigenvalue weighted by atomic mass is 9.87. The quantitative estimate of drug-likeness (QED) is 0.705. The van der Waals surface area contributed by atoms with Crippen LogP contribution in [0, 0.1) is 12.8 Å². The van der Waals surface area contributed by atoms with Gasteiger partial charge in [-0.25, -0.2) is 0 Å². The first-order chi connectivity index (χ1) is 9.62. The number of aromatic nitrogens is 2. The molecule has 1 rings (SSSR count). The number of nitrogens with one attached hydrogen (secondary N) is 1. The largest absolute Gasteiger partial charge is 0.313 e. The third-order valence-corrected chi connectivity index (χ3v) is 4.07. The van der Waals surface area contributed by atoms with E-state index in [2.05, 4.69) is 51.2 Å². The minimum atomic E-state index is 0.588. The molecule has 20 heavy (non-hydrogen) atoms. The second-order valence-corrected chi connectivity index (χ2v) is 6.00. The SMILES string of the molecule is CCCNC(Cc1cc(C)nn1C)C(CCC)CCC. The second-order valence-electron chi connectivity index (χ2n) is 6.00. The summed E-state index contributed by atoms with van der Waals surface area (Å²) in [4.78, 5) is 0. The van der Waals surface area contributed by atoms with Crippen LogP contribution in [0.25, 0.3) is 0 Å². The van der Waals surface area contributed by atoms with Crippen molar-refractivity contribution in [2.24, 2.45) is 13.0 Å². The van der Waals surface area contributed by atoms with Crippen molar-refractivity contribution in [1.82, 2.24) is 15.1 Å². The highest BCUT2D eigenvalue weighted by atomic mass is 15.3. The molecule has 0 fully saturated rings. The highest BCUT2D eigenvalue weighted by Gasteiger charge is 2.21. The standard InChI is InChI=1S/C17H33N3/c1-6-9-15(10-7-2)17(18-11-8-3)13-16-12-14(4)19-20(16)5/h12,15,17-18H,6-11,13H2,1-5H3. The van der Waals surface area contributed by atoms with Crippen LogP contribution in [0.15, 0.2) is 6.07 Å². The van der Waals surface area contributed by atoms with Crippen molar-refractivity contribution in [1.29, 1.82) is 0 Å². The summed E-state index contributed by atoms with van der Waals surface area (Å²) in [6.45, 7) is 10.0. The van der Waals surface area contributed by atoms with Gasteiger partial charge in [0.25, 0.3) is 0 Å². The summed E-state index contributed by atoms with van der Waals surface area (Å²) in [5, 5.41) is 8.27. The van der Waals surface area contributed by atoms with E-state index in [4.69, 9.17) is 0 Å².